The molecule has 0 saturated carbocycles. The summed E-state index contributed by atoms with van der Waals surface area (Å²) in [5.41, 5.74) is 5.87. The Balaban J connectivity index is 0.994. The number of nitrogens with zero attached hydrogens (tertiary/aromatic N) is 4. The highest BCUT2D eigenvalue weighted by Gasteiger charge is 2.49. The van der Waals surface area contributed by atoms with Crippen LogP contribution in [0.15, 0.2) is 60.7 Å². The van der Waals surface area contributed by atoms with E-state index < -0.39 is 12.1 Å². The molecule has 3 N–H and O–H groups in total. The number of hydrogen-bond donors (Lipinski definition) is 3. The fourth-order valence-electron chi connectivity index (χ4n) is 9.80. The van der Waals surface area contributed by atoms with Gasteiger partial charge >= 0.3 is 6.09 Å². The molecule has 12 heteroatoms. The van der Waals surface area contributed by atoms with Gasteiger partial charge in [0, 0.05) is 41.8 Å². The molecule has 9 rings (SSSR count). The zero-order valence-corrected chi connectivity index (χ0v) is 34.9. The molecule has 5 heterocycles. The van der Waals surface area contributed by atoms with Crippen LogP contribution in [0, 0.1) is 23.2 Å². The third-order valence-corrected chi connectivity index (χ3v) is 13.5. The monoisotopic (exact) mass is 797 g/mol. The number of imidazole rings is 2. The third kappa shape index (κ3) is 6.98. The lowest BCUT2D eigenvalue weighted by atomic mass is 9.80. The minimum Gasteiger partial charge on any atom is -0.453 e. The van der Waals surface area contributed by atoms with Crippen molar-refractivity contribution < 1.29 is 23.9 Å². The molecule has 4 aromatic carbocycles. The fourth-order valence-corrected chi connectivity index (χ4v) is 9.80. The second-order valence-corrected chi connectivity index (χ2v) is 18.0. The standard InChI is InChI=1S/C47H55N7O5/c1-26(2)28(5)44(55)54-24-47(18-8-20-59-25-47)23-38(54)43-49-36-17-13-32-22-30(11-15-34(32)41(36)51-43)29-10-14-33-31(21-29)12-16-35-40(33)50-42(48-35)37-9-7-19-53(37)45(56)39(27(3)4)52-46(57)58-6/h10-17,21-22,26-28,37-39H,7-9,18-20,23-25H2,1-6H3,(H,48,50)(H,49,51)(H,52,57)/t28-,37-,38-,39-,47-/m0/s1. The molecule has 308 valence electrons. The number of benzene rings is 4. The Morgan fingerprint density at radius 2 is 1.42 bits per heavy atom. The van der Waals surface area contributed by atoms with Gasteiger partial charge < -0.3 is 34.6 Å². The predicted molar refractivity (Wildman–Crippen MR) is 230 cm³/mol. The van der Waals surface area contributed by atoms with Crippen molar-refractivity contribution in [1.29, 1.82) is 0 Å². The molecule has 3 aliphatic heterocycles. The van der Waals surface area contributed by atoms with Crippen molar-refractivity contribution in [2.24, 2.45) is 23.2 Å². The minimum absolute atomic E-state index is 0.0307. The maximum absolute atomic E-state index is 13.9. The summed E-state index contributed by atoms with van der Waals surface area (Å²) in [6.45, 7) is 12.9. The van der Waals surface area contributed by atoms with Crippen LogP contribution >= 0.6 is 0 Å². The van der Waals surface area contributed by atoms with E-state index in [0.717, 1.165) is 105 Å². The Hall–Kier alpha value is -5.49. The lowest BCUT2D eigenvalue weighted by molar-refractivity contribution is -0.138. The Morgan fingerprint density at radius 3 is 1.98 bits per heavy atom. The number of likely N-dealkylation sites (tertiary alicyclic amines) is 2. The molecule has 0 aliphatic carbocycles. The van der Waals surface area contributed by atoms with E-state index in [1.165, 1.54) is 7.11 Å². The van der Waals surface area contributed by atoms with Crippen molar-refractivity contribution >= 4 is 61.5 Å². The Bertz CT molecular complexity index is 2590. The third-order valence-electron chi connectivity index (χ3n) is 13.5. The molecular weight excluding hydrogens is 743 g/mol. The molecule has 3 amide bonds. The number of aromatic nitrogens is 4. The SMILES string of the molecule is COC(=O)N[C@H](C(=O)N1CCC[C@H]1c1nc2ccc3cc(-c4ccc5c(ccc6nc([C@@H]7C[C@@]8(CCCOC8)CN7C(=O)[C@@H](C)C(C)C)[nH]c65)c4)ccc3c2[nH]1)C(C)C. The number of alkyl carbamates (subject to hydrolysis) is 1. The van der Waals surface area contributed by atoms with Crippen LogP contribution in [0.2, 0.25) is 0 Å². The largest absolute Gasteiger partial charge is 0.453 e. The number of fused-ring (bicyclic) bond motifs is 6. The van der Waals surface area contributed by atoms with E-state index in [-0.39, 0.29) is 47.1 Å². The van der Waals surface area contributed by atoms with Crippen LogP contribution in [0.1, 0.15) is 90.5 Å². The van der Waals surface area contributed by atoms with Crippen molar-refractivity contribution in [1.82, 2.24) is 35.1 Å². The van der Waals surface area contributed by atoms with Gasteiger partial charge in [0.1, 0.15) is 17.7 Å². The summed E-state index contributed by atoms with van der Waals surface area (Å²) in [6, 6.07) is 20.5. The summed E-state index contributed by atoms with van der Waals surface area (Å²) < 4.78 is 10.8. The number of carbonyl (C=O) groups excluding carboxylic acids is 3. The first kappa shape index (κ1) is 39.0. The van der Waals surface area contributed by atoms with E-state index in [0.29, 0.717) is 19.7 Å². The van der Waals surface area contributed by atoms with Crippen LogP contribution in [0.5, 0.6) is 0 Å². The zero-order chi connectivity index (χ0) is 41.2. The Morgan fingerprint density at radius 1 is 0.797 bits per heavy atom. The van der Waals surface area contributed by atoms with Crippen LogP contribution in [0.4, 0.5) is 4.79 Å². The summed E-state index contributed by atoms with van der Waals surface area (Å²) in [4.78, 5) is 61.1. The highest BCUT2D eigenvalue weighted by molar-refractivity contribution is 6.07. The van der Waals surface area contributed by atoms with Gasteiger partial charge in [-0.15, -0.1) is 0 Å². The van der Waals surface area contributed by atoms with Crippen molar-refractivity contribution in [3.05, 3.63) is 72.3 Å². The van der Waals surface area contributed by atoms with E-state index in [9.17, 15) is 14.4 Å². The second-order valence-electron chi connectivity index (χ2n) is 18.0. The zero-order valence-electron chi connectivity index (χ0n) is 34.9. The van der Waals surface area contributed by atoms with Gasteiger partial charge in [0.2, 0.25) is 11.8 Å². The molecule has 0 bridgehead atoms. The average molecular weight is 798 g/mol. The molecule has 2 aromatic heterocycles. The maximum Gasteiger partial charge on any atom is 0.407 e. The van der Waals surface area contributed by atoms with E-state index in [1.807, 2.05) is 31.7 Å². The van der Waals surface area contributed by atoms with Gasteiger partial charge in [0.25, 0.3) is 0 Å². The van der Waals surface area contributed by atoms with Crippen molar-refractivity contribution in [3.8, 4) is 11.1 Å². The van der Waals surface area contributed by atoms with Crippen molar-refractivity contribution in [2.75, 3.05) is 33.4 Å². The molecule has 59 heavy (non-hydrogen) atoms. The van der Waals surface area contributed by atoms with Gasteiger partial charge in [-0.05, 0) is 90.1 Å². The number of methoxy groups -OCH3 is 1. The van der Waals surface area contributed by atoms with Crippen LogP contribution in [0.3, 0.4) is 0 Å². The molecule has 6 aromatic rings. The molecule has 3 saturated heterocycles. The summed E-state index contributed by atoms with van der Waals surface area (Å²) in [5.74, 6) is 1.77. The lowest BCUT2D eigenvalue weighted by Gasteiger charge is -2.33. The van der Waals surface area contributed by atoms with Crippen LogP contribution < -0.4 is 5.32 Å². The van der Waals surface area contributed by atoms with Crippen LogP contribution in [0.25, 0.3) is 54.7 Å². The van der Waals surface area contributed by atoms with Gasteiger partial charge in [-0.1, -0.05) is 71.0 Å². The summed E-state index contributed by atoms with van der Waals surface area (Å²) in [7, 11) is 1.30. The highest BCUT2D eigenvalue weighted by Crippen LogP contribution is 2.48. The number of rotatable bonds is 8. The first-order valence-corrected chi connectivity index (χ1v) is 21.3. The number of nitrogens with one attached hydrogen (secondary N) is 3. The number of ether oxygens (including phenoxy) is 2. The molecule has 5 atom stereocenters. The maximum atomic E-state index is 13.9. The van der Waals surface area contributed by atoms with Crippen molar-refractivity contribution in [3.63, 3.8) is 0 Å². The Labute approximate surface area is 344 Å². The topological polar surface area (TPSA) is 146 Å². The molecule has 0 radical (unpaired) electrons. The summed E-state index contributed by atoms with van der Waals surface area (Å²) >= 11 is 0. The molecule has 0 unspecified atom stereocenters. The predicted octanol–water partition coefficient (Wildman–Crippen LogP) is 8.82. The van der Waals surface area contributed by atoms with E-state index in [4.69, 9.17) is 19.4 Å². The first-order chi connectivity index (χ1) is 28.4. The van der Waals surface area contributed by atoms with Crippen LogP contribution in [-0.4, -0.2) is 87.1 Å². The number of hydrogen-bond acceptors (Lipinski definition) is 7. The fraction of sp³-hybridized carbons (Fsp3) is 0.468. The van der Waals surface area contributed by atoms with E-state index in [2.05, 4.69) is 88.6 Å². The van der Waals surface area contributed by atoms with Gasteiger partial charge in [-0.2, -0.15) is 0 Å². The average Bonchev–Trinajstić information content (AvgIpc) is 4.06. The first-order valence-electron chi connectivity index (χ1n) is 21.3. The number of amides is 3. The van der Waals surface area contributed by atoms with Gasteiger partial charge in [-0.25, -0.2) is 14.8 Å². The summed E-state index contributed by atoms with van der Waals surface area (Å²) in [5, 5.41) is 7.09. The minimum atomic E-state index is -0.687. The highest BCUT2D eigenvalue weighted by atomic mass is 16.5. The van der Waals surface area contributed by atoms with Crippen molar-refractivity contribution in [2.45, 2.75) is 84.8 Å². The van der Waals surface area contributed by atoms with E-state index in [1.54, 1.807) is 0 Å². The molecular formula is C47H55N7O5. The molecule has 1 spiro atoms. The van der Waals surface area contributed by atoms with Gasteiger partial charge in [0.05, 0.1) is 47.9 Å². The molecule has 3 aliphatic rings. The normalized spacial score (nSPS) is 22.1. The van der Waals surface area contributed by atoms with Gasteiger partial charge in [-0.3, -0.25) is 9.59 Å². The quantitative estimate of drug-likeness (QED) is 0.140. The smallest absolute Gasteiger partial charge is 0.407 e. The van der Waals surface area contributed by atoms with E-state index >= 15 is 0 Å². The Kier molecular flexibility index (Phi) is 10.1. The second kappa shape index (κ2) is 15.3. The number of H-pyrrole nitrogens is 2. The number of carbonyl (C=O) groups is 3. The molecule has 12 nitrogen and oxygen atoms in total. The van der Waals surface area contributed by atoms with Crippen LogP contribution in [-0.2, 0) is 19.1 Å². The van der Waals surface area contributed by atoms with Gasteiger partial charge in [0.15, 0.2) is 0 Å². The lowest BCUT2D eigenvalue weighted by Crippen LogP contribution is -2.51. The summed E-state index contributed by atoms with van der Waals surface area (Å²) in [6.07, 6.45) is 3.97. The molecule has 3 fully saturated rings. The number of aromatic amines is 2.